The molecule has 5 rings (SSSR count). The van der Waals surface area contributed by atoms with Crippen LogP contribution in [0.25, 0.3) is 0 Å². The van der Waals surface area contributed by atoms with E-state index in [9.17, 15) is 14.0 Å². The van der Waals surface area contributed by atoms with Crippen molar-refractivity contribution < 1.29 is 23.5 Å². The van der Waals surface area contributed by atoms with E-state index in [4.69, 9.17) is 9.47 Å². The number of anilines is 1. The van der Waals surface area contributed by atoms with Gasteiger partial charge in [-0.25, -0.2) is 4.39 Å². The van der Waals surface area contributed by atoms with Crippen molar-refractivity contribution >= 4 is 17.5 Å². The van der Waals surface area contributed by atoms with Gasteiger partial charge in [-0.2, -0.15) is 0 Å². The summed E-state index contributed by atoms with van der Waals surface area (Å²) in [6.45, 7) is 5.22. The summed E-state index contributed by atoms with van der Waals surface area (Å²) in [4.78, 5) is 29.0. The van der Waals surface area contributed by atoms with E-state index in [1.807, 2.05) is 38.1 Å². The minimum absolute atomic E-state index is 0.108. The summed E-state index contributed by atoms with van der Waals surface area (Å²) >= 11 is 0. The zero-order valence-electron chi connectivity index (χ0n) is 19.7. The van der Waals surface area contributed by atoms with E-state index < -0.39 is 17.8 Å². The highest BCUT2D eigenvalue weighted by Gasteiger charge is 2.46. The Balaban J connectivity index is 1.65. The molecule has 2 atom stereocenters. The van der Waals surface area contributed by atoms with Gasteiger partial charge in [0.25, 0.3) is 5.91 Å². The first-order chi connectivity index (χ1) is 17.0. The molecule has 0 spiro atoms. The normalized spacial score (nSPS) is 18.3. The lowest BCUT2D eigenvalue weighted by atomic mass is 9.75. The number of carbonyl (C=O) groups excluding carboxylic acids is 2. The number of nitrogens with zero attached hydrogens (tertiary/aromatic N) is 1. The molecule has 0 saturated heterocycles. The number of rotatable bonds is 6. The molecule has 0 fully saturated rings. The van der Waals surface area contributed by atoms with Crippen LogP contribution in [0.1, 0.15) is 52.9 Å². The van der Waals surface area contributed by atoms with Crippen molar-refractivity contribution in [3.63, 3.8) is 0 Å². The minimum atomic E-state index is -0.727. The highest BCUT2D eigenvalue weighted by Crippen LogP contribution is 2.48. The molecule has 2 heterocycles. The predicted octanol–water partition coefficient (Wildman–Crippen LogP) is 5.10. The number of carbonyl (C=O) groups is 2. The standard InChI is InChI=1S/C28H27FN2O4/c1-3-34-23-15-17-13-14-31-26(20(17)16-24(23)35-4-2)25(18-9-5-6-10-19(18)28(31)33)27(32)30-22-12-8-7-11-21(22)29/h5-12,15-16,25-26H,3-4,13-14H2,1-2H3,(H,30,32). The van der Waals surface area contributed by atoms with Gasteiger partial charge in [-0.1, -0.05) is 30.3 Å². The lowest BCUT2D eigenvalue weighted by Crippen LogP contribution is -2.49. The molecule has 1 N–H and O–H groups in total. The maximum absolute atomic E-state index is 14.4. The molecule has 2 unspecified atom stereocenters. The molecule has 0 aliphatic carbocycles. The fourth-order valence-electron chi connectivity index (χ4n) is 5.13. The van der Waals surface area contributed by atoms with Crippen LogP contribution in [-0.2, 0) is 11.2 Å². The Kier molecular flexibility index (Phi) is 6.16. The second-order valence-electron chi connectivity index (χ2n) is 8.59. The van der Waals surface area contributed by atoms with E-state index in [1.54, 1.807) is 29.2 Å². The Morgan fingerprint density at radius 2 is 1.69 bits per heavy atom. The van der Waals surface area contributed by atoms with Gasteiger partial charge in [0.2, 0.25) is 5.91 Å². The second-order valence-corrected chi connectivity index (χ2v) is 8.59. The van der Waals surface area contributed by atoms with E-state index in [1.165, 1.54) is 12.1 Å². The zero-order chi connectivity index (χ0) is 24.5. The number of ether oxygens (including phenoxy) is 2. The fraction of sp³-hybridized carbons (Fsp3) is 0.286. The van der Waals surface area contributed by atoms with E-state index in [2.05, 4.69) is 5.32 Å². The first-order valence-corrected chi connectivity index (χ1v) is 11.9. The number of hydrogen-bond donors (Lipinski definition) is 1. The van der Waals surface area contributed by atoms with Crippen LogP contribution in [0.2, 0.25) is 0 Å². The number of para-hydroxylation sites is 1. The summed E-state index contributed by atoms with van der Waals surface area (Å²) in [5.41, 5.74) is 3.09. The Morgan fingerprint density at radius 3 is 2.43 bits per heavy atom. The van der Waals surface area contributed by atoms with Crippen LogP contribution in [0, 0.1) is 5.82 Å². The summed E-state index contributed by atoms with van der Waals surface area (Å²) in [6, 6.07) is 16.5. The molecular formula is C28H27FN2O4. The second kappa shape index (κ2) is 9.41. The van der Waals surface area contributed by atoms with Gasteiger partial charge in [-0.15, -0.1) is 0 Å². The monoisotopic (exact) mass is 474 g/mol. The third-order valence-corrected chi connectivity index (χ3v) is 6.60. The highest BCUT2D eigenvalue weighted by atomic mass is 19.1. The van der Waals surface area contributed by atoms with E-state index >= 15 is 0 Å². The number of hydrogen-bond acceptors (Lipinski definition) is 4. The molecule has 0 aromatic heterocycles. The largest absolute Gasteiger partial charge is 0.490 e. The molecule has 180 valence electrons. The Bertz CT molecular complexity index is 1290. The minimum Gasteiger partial charge on any atom is -0.490 e. The van der Waals surface area contributed by atoms with Crippen molar-refractivity contribution in [1.29, 1.82) is 0 Å². The average molecular weight is 475 g/mol. The number of nitrogens with one attached hydrogen (secondary N) is 1. The molecule has 0 radical (unpaired) electrons. The molecule has 7 heteroatoms. The van der Waals surface area contributed by atoms with Gasteiger partial charge in [-0.3, -0.25) is 9.59 Å². The molecule has 0 bridgehead atoms. The summed E-state index contributed by atoms with van der Waals surface area (Å²) in [7, 11) is 0. The van der Waals surface area contributed by atoms with Crippen molar-refractivity contribution in [1.82, 2.24) is 4.90 Å². The number of fused-ring (bicyclic) bond motifs is 4. The fourth-order valence-corrected chi connectivity index (χ4v) is 5.13. The quantitative estimate of drug-likeness (QED) is 0.540. The summed E-state index contributed by atoms with van der Waals surface area (Å²) < 4.78 is 26.1. The molecule has 6 nitrogen and oxygen atoms in total. The van der Waals surface area contributed by atoms with Gasteiger partial charge in [0, 0.05) is 12.1 Å². The number of amides is 2. The van der Waals surface area contributed by atoms with Gasteiger partial charge in [0.05, 0.1) is 30.9 Å². The predicted molar refractivity (Wildman–Crippen MR) is 130 cm³/mol. The van der Waals surface area contributed by atoms with Crippen LogP contribution in [0.5, 0.6) is 11.5 Å². The van der Waals surface area contributed by atoms with Crippen LogP contribution in [0.15, 0.2) is 60.7 Å². The lowest BCUT2D eigenvalue weighted by Gasteiger charge is -2.45. The van der Waals surface area contributed by atoms with Crippen LogP contribution < -0.4 is 14.8 Å². The maximum Gasteiger partial charge on any atom is 0.254 e. The van der Waals surface area contributed by atoms with Crippen molar-refractivity contribution in [2.24, 2.45) is 0 Å². The van der Waals surface area contributed by atoms with Gasteiger partial charge in [0.1, 0.15) is 5.82 Å². The van der Waals surface area contributed by atoms with Gasteiger partial charge in [-0.05, 0) is 67.3 Å². The molecular weight excluding hydrogens is 447 g/mol. The Morgan fingerprint density at radius 1 is 1.00 bits per heavy atom. The van der Waals surface area contributed by atoms with Crippen LogP contribution in [-0.4, -0.2) is 36.5 Å². The van der Waals surface area contributed by atoms with Crippen molar-refractivity contribution in [2.75, 3.05) is 25.1 Å². The van der Waals surface area contributed by atoms with Crippen molar-refractivity contribution in [3.8, 4) is 11.5 Å². The van der Waals surface area contributed by atoms with Gasteiger partial charge >= 0.3 is 0 Å². The highest BCUT2D eigenvalue weighted by molar-refractivity contribution is 6.04. The third kappa shape index (κ3) is 4.01. The Labute approximate surface area is 203 Å². The van der Waals surface area contributed by atoms with Crippen molar-refractivity contribution in [3.05, 3.63) is 88.7 Å². The molecule has 2 amide bonds. The van der Waals surface area contributed by atoms with E-state index in [0.717, 1.165) is 11.1 Å². The first-order valence-electron chi connectivity index (χ1n) is 11.9. The third-order valence-electron chi connectivity index (χ3n) is 6.60. The summed E-state index contributed by atoms with van der Waals surface area (Å²) in [6.07, 6.45) is 0.633. The molecule has 2 aliphatic heterocycles. The molecule has 0 saturated carbocycles. The summed E-state index contributed by atoms with van der Waals surface area (Å²) in [5, 5.41) is 2.76. The SMILES string of the molecule is CCOc1cc2c(cc1OCC)C1C(C(=O)Nc3ccccc3F)c3ccccc3C(=O)N1CC2. The zero-order valence-corrected chi connectivity index (χ0v) is 19.7. The van der Waals surface area contributed by atoms with E-state index in [0.29, 0.717) is 48.8 Å². The van der Waals surface area contributed by atoms with Crippen LogP contribution in [0.4, 0.5) is 10.1 Å². The number of benzene rings is 3. The molecule has 3 aromatic carbocycles. The van der Waals surface area contributed by atoms with E-state index in [-0.39, 0.29) is 17.5 Å². The molecule has 2 aliphatic rings. The summed E-state index contributed by atoms with van der Waals surface area (Å²) in [5.74, 6) is -0.495. The molecule has 3 aromatic rings. The number of halogens is 1. The average Bonchev–Trinajstić information content (AvgIpc) is 2.86. The Hall–Kier alpha value is -3.87. The topological polar surface area (TPSA) is 67.9 Å². The van der Waals surface area contributed by atoms with Crippen LogP contribution in [0.3, 0.4) is 0 Å². The molecule has 35 heavy (non-hydrogen) atoms. The van der Waals surface area contributed by atoms with Gasteiger partial charge in [0.15, 0.2) is 11.5 Å². The van der Waals surface area contributed by atoms with Gasteiger partial charge < -0.3 is 19.7 Å². The lowest BCUT2D eigenvalue weighted by molar-refractivity contribution is -0.119. The van der Waals surface area contributed by atoms with Crippen LogP contribution >= 0.6 is 0 Å². The smallest absolute Gasteiger partial charge is 0.254 e. The maximum atomic E-state index is 14.4. The van der Waals surface area contributed by atoms with Crippen molar-refractivity contribution in [2.45, 2.75) is 32.2 Å². The first kappa shape index (κ1) is 22.9.